The van der Waals surface area contributed by atoms with E-state index in [1.54, 1.807) is 0 Å². The molecule has 1 aromatic rings. The smallest absolute Gasteiger partial charge is 0.222 e. The van der Waals surface area contributed by atoms with Crippen LogP contribution in [-0.2, 0) is 22.7 Å². The first-order valence-corrected chi connectivity index (χ1v) is 7.55. The first kappa shape index (κ1) is 15.9. The number of aliphatic hydroxyl groups excluding tert-OH is 1. The van der Waals surface area contributed by atoms with Crippen molar-refractivity contribution in [2.75, 3.05) is 19.7 Å². The molecule has 1 aliphatic heterocycles. The van der Waals surface area contributed by atoms with Crippen LogP contribution in [0.25, 0.3) is 0 Å². The first-order chi connectivity index (χ1) is 10.3. The summed E-state index contributed by atoms with van der Waals surface area (Å²) in [6, 6.07) is 7.57. The SMILES string of the molecule is O=C(CCOC1CCNCC1)NCc1cccc(CO)c1. The van der Waals surface area contributed by atoms with Gasteiger partial charge in [-0.1, -0.05) is 24.3 Å². The van der Waals surface area contributed by atoms with Crippen molar-refractivity contribution < 1.29 is 14.6 Å². The predicted octanol–water partition coefficient (Wildman–Crippen LogP) is 0.954. The Labute approximate surface area is 125 Å². The monoisotopic (exact) mass is 292 g/mol. The van der Waals surface area contributed by atoms with Crippen LogP contribution in [0.5, 0.6) is 0 Å². The third-order valence-corrected chi connectivity index (χ3v) is 3.63. The van der Waals surface area contributed by atoms with Crippen LogP contribution in [0.1, 0.15) is 30.4 Å². The van der Waals surface area contributed by atoms with E-state index in [1.165, 1.54) is 0 Å². The topological polar surface area (TPSA) is 70.6 Å². The van der Waals surface area contributed by atoms with Crippen LogP contribution >= 0.6 is 0 Å². The molecule has 1 amide bonds. The van der Waals surface area contributed by atoms with Gasteiger partial charge < -0.3 is 20.5 Å². The lowest BCUT2D eigenvalue weighted by Gasteiger charge is -2.22. The highest BCUT2D eigenvalue weighted by Crippen LogP contribution is 2.08. The summed E-state index contributed by atoms with van der Waals surface area (Å²) in [7, 11) is 0. The molecular weight excluding hydrogens is 268 g/mol. The fourth-order valence-corrected chi connectivity index (χ4v) is 2.41. The lowest BCUT2D eigenvalue weighted by molar-refractivity contribution is -0.122. The summed E-state index contributed by atoms with van der Waals surface area (Å²) in [5.41, 5.74) is 1.85. The second-order valence-corrected chi connectivity index (χ2v) is 5.32. The van der Waals surface area contributed by atoms with Gasteiger partial charge in [-0.25, -0.2) is 0 Å². The third kappa shape index (κ3) is 5.83. The molecule has 0 radical (unpaired) electrons. The molecule has 5 nitrogen and oxygen atoms in total. The standard InChI is InChI=1S/C16H24N2O3/c19-12-14-3-1-2-13(10-14)11-18-16(20)6-9-21-15-4-7-17-8-5-15/h1-3,10,15,17,19H,4-9,11-12H2,(H,18,20). The van der Waals surface area contributed by atoms with Gasteiger partial charge in [-0.3, -0.25) is 4.79 Å². The second kappa shape index (κ2) is 8.77. The Hall–Kier alpha value is -1.43. The molecular formula is C16H24N2O3. The van der Waals surface area contributed by atoms with E-state index in [2.05, 4.69) is 10.6 Å². The number of rotatable bonds is 7. The summed E-state index contributed by atoms with van der Waals surface area (Å²) in [6.07, 6.45) is 2.73. The Balaban J connectivity index is 1.62. The zero-order chi connectivity index (χ0) is 14.9. The summed E-state index contributed by atoms with van der Waals surface area (Å²) < 4.78 is 5.71. The highest BCUT2D eigenvalue weighted by molar-refractivity contribution is 5.75. The molecule has 116 valence electrons. The highest BCUT2D eigenvalue weighted by Gasteiger charge is 2.13. The van der Waals surface area contributed by atoms with E-state index >= 15 is 0 Å². The average Bonchev–Trinajstić information content (AvgIpc) is 2.54. The van der Waals surface area contributed by atoms with Gasteiger partial charge in [0.2, 0.25) is 5.91 Å². The van der Waals surface area contributed by atoms with Gasteiger partial charge in [0.1, 0.15) is 0 Å². The predicted molar refractivity (Wildman–Crippen MR) is 80.7 cm³/mol. The molecule has 0 atom stereocenters. The van der Waals surface area contributed by atoms with Gasteiger partial charge in [0.05, 0.1) is 19.3 Å². The Morgan fingerprint density at radius 1 is 1.33 bits per heavy atom. The van der Waals surface area contributed by atoms with Crippen molar-refractivity contribution in [2.45, 2.75) is 38.5 Å². The maximum absolute atomic E-state index is 11.8. The molecule has 1 heterocycles. The lowest BCUT2D eigenvalue weighted by Crippen LogP contribution is -2.33. The zero-order valence-electron chi connectivity index (χ0n) is 12.3. The number of piperidine rings is 1. The minimum atomic E-state index is -0.00154. The Kier molecular flexibility index (Phi) is 6.66. The molecule has 0 unspecified atom stereocenters. The molecule has 1 aromatic carbocycles. The first-order valence-electron chi connectivity index (χ1n) is 7.55. The van der Waals surface area contributed by atoms with E-state index in [-0.39, 0.29) is 12.5 Å². The number of hydrogen-bond acceptors (Lipinski definition) is 4. The number of amides is 1. The largest absolute Gasteiger partial charge is 0.392 e. The highest BCUT2D eigenvalue weighted by atomic mass is 16.5. The zero-order valence-corrected chi connectivity index (χ0v) is 12.3. The molecule has 0 spiro atoms. The fourth-order valence-electron chi connectivity index (χ4n) is 2.41. The lowest BCUT2D eigenvalue weighted by atomic mass is 10.1. The Bertz CT molecular complexity index is 445. The summed E-state index contributed by atoms with van der Waals surface area (Å²) in [6.45, 7) is 2.98. The van der Waals surface area contributed by atoms with E-state index in [4.69, 9.17) is 9.84 Å². The van der Waals surface area contributed by atoms with E-state index < -0.39 is 0 Å². The van der Waals surface area contributed by atoms with Gasteiger partial charge in [-0.15, -0.1) is 0 Å². The van der Waals surface area contributed by atoms with Gasteiger partial charge in [-0.05, 0) is 37.1 Å². The molecule has 2 rings (SSSR count). The molecule has 0 aliphatic carbocycles. The van der Waals surface area contributed by atoms with Crippen molar-refractivity contribution >= 4 is 5.91 Å². The quantitative estimate of drug-likeness (QED) is 0.700. The van der Waals surface area contributed by atoms with E-state index in [9.17, 15) is 4.79 Å². The van der Waals surface area contributed by atoms with Gasteiger partial charge in [-0.2, -0.15) is 0 Å². The van der Waals surface area contributed by atoms with Gasteiger partial charge in [0.25, 0.3) is 0 Å². The fraction of sp³-hybridized carbons (Fsp3) is 0.562. The molecule has 0 saturated carbocycles. The Morgan fingerprint density at radius 2 is 2.10 bits per heavy atom. The number of carbonyl (C=O) groups is 1. The normalized spacial score (nSPS) is 15.9. The van der Waals surface area contributed by atoms with Crippen LogP contribution in [0.3, 0.4) is 0 Å². The average molecular weight is 292 g/mol. The maximum Gasteiger partial charge on any atom is 0.222 e. The summed E-state index contributed by atoms with van der Waals surface area (Å²) in [5.74, 6) is -0.00154. The van der Waals surface area contributed by atoms with Crippen LogP contribution in [0.4, 0.5) is 0 Å². The molecule has 1 aliphatic rings. The summed E-state index contributed by atoms with van der Waals surface area (Å²) in [5, 5.41) is 15.2. The van der Waals surface area contributed by atoms with Crippen molar-refractivity contribution in [1.82, 2.24) is 10.6 Å². The molecule has 21 heavy (non-hydrogen) atoms. The van der Waals surface area contributed by atoms with Gasteiger partial charge in [0.15, 0.2) is 0 Å². The maximum atomic E-state index is 11.8. The summed E-state index contributed by atoms with van der Waals surface area (Å²) >= 11 is 0. The van der Waals surface area contributed by atoms with Crippen LogP contribution in [-0.4, -0.2) is 36.8 Å². The summed E-state index contributed by atoms with van der Waals surface area (Å²) in [4.78, 5) is 11.8. The molecule has 3 N–H and O–H groups in total. The van der Waals surface area contributed by atoms with Crippen molar-refractivity contribution in [3.63, 3.8) is 0 Å². The van der Waals surface area contributed by atoms with Gasteiger partial charge in [0, 0.05) is 13.0 Å². The van der Waals surface area contributed by atoms with Crippen LogP contribution in [0.2, 0.25) is 0 Å². The van der Waals surface area contributed by atoms with E-state index in [1.807, 2.05) is 24.3 Å². The van der Waals surface area contributed by atoms with Crippen LogP contribution in [0, 0.1) is 0 Å². The second-order valence-electron chi connectivity index (χ2n) is 5.32. The van der Waals surface area contributed by atoms with E-state index in [0.717, 1.165) is 37.1 Å². The van der Waals surface area contributed by atoms with Crippen molar-refractivity contribution in [2.24, 2.45) is 0 Å². The van der Waals surface area contributed by atoms with Crippen molar-refractivity contribution in [3.8, 4) is 0 Å². The number of nitrogens with one attached hydrogen (secondary N) is 2. The molecule has 1 saturated heterocycles. The van der Waals surface area contributed by atoms with Crippen molar-refractivity contribution in [1.29, 1.82) is 0 Å². The molecule has 0 aromatic heterocycles. The number of ether oxygens (including phenoxy) is 1. The van der Waals surface area contributed by atoms with Crippen LogP contribution in [0.15, 0.2) is 24.3 Å². The van der Waals surface area contributed by atoms with Crippen molar-refractivity contribution in [3.05, 3.63) is 35.4 Å². The minimum absolute atomic E-state index is 0.00154. The van der Waals surface area contributed by atoms with E-state index in [0.29, 0.717) is 25.7 Å². The third-order valence-electron chi connectivity index (χ3n) is 3.63. The minimum Gasteiger partial charge on any atom is -0.392 e. The van der Waals surface area contributed by atoms with Crippen LogP contribution < -0.4 is 10.6 Å². The number of aliphatic hydroxyl groups is 1. The number of benzene rings is 1. The molecule has 1 fully saturated rings. The Morgan fingerprint density at radius 3 is 2.86 bits per heavy atom. The number of hydrogen-bond donors (Lipinski definition) is 3. The number of carbonyl (C=O) groups excluding carboxylic acids is 1. The molecule has 5 heteroatoms. The van der Waals surface area contributed by atoms with Gasteiger partial charge >= 0.3 is 0 Å². The molecule has 0 bridgehead atoms.